The van der Waals surface area contributed by atoms with E-state index in [1.807, 2.05) is 6.92 Å². The van der Waals surface area contributed by atoms with Crippen molar-refractivity contribution in [1.82, 2.24) is 20.0 Å². The lowest BCUT2D eigenvalue weighted by atomic mass is 9.94. The van der Waals surface area contributed by atoms with Gasteiger partial charge >= 0.3 is 12.0 Å². The van der Waals surface area contributed by atoms with E-state index in [2.05, 4.69) is 22.0 Å². The Morgan fingerprint density at radius 1 is 1.13 bits per heavy atom. The molecule has 0 radical (unpaired) electrons. The molecule has 1 atom stereocenters. The number of piperazine rings is 1. The number of rotatable bonds is 7. The Kier molecular flexibility index (Phi) is 7.44. The quantitative estimate of drug-likeness (QED) is 0.689. The van der Waals surface area contributed by atoms with Crippen LogP contribution in [0.4, 0.5) is 9.18 Å². The van der Waals surface area contributed by atoms with Gasteiger partial charge in [0.2, 0.25) is 0 Å². The number of likely N-dealkylation sites (N-methyl/N-ethyl adjacent to an activating group) is 2. The van der Waals surface area contributed by atoms with Crippen LogP contribution in [-0.2, 0) is 9.53 Å². The van der Waals surface area contributed by atoms with E-state index in [1.165, 1.54) is 12.1 Å². The zero-order chi connectivity index (χ0) is 21.7. The van der Waals surface area contributed by atoms with E-state index in [-0.39, 0.29) is 12.6 Å². The molecule has 1 fully saturated rings. The monoisotopic (exact) mass is 418 g/mol. The number of esters is 1. The molecule has 1 N–H and O–H groups in total. The normalized spacial score (nSPS) is 21.0. The van der Waals surface area contributed by atoms with Crippen LogP contribution in [0, 0.1) is 5.82 Å². The Labute approximate surface area is 177 Å². The lowest BCUT2D eigenvalue weighted by molar-refractivity contribution is -0.139. The van der Waals surface area contributed by atoms with Gasteiger partial charge in [-0.05, 0) is 38.1 Å². The summed E-state index contributed by atoms with van der Waals surface area (Å²) in [4.78, 5) is 32.1. The summed E-state index contributed by atoms with van der Waals surface area (Å²) in [5, 5.41) is 2.87. The van der Waals surface area contributed by atoms with E-state index in [0.29, 0.717) is 29.9 Å². The molecule has 0 unspecified atom stereocenters. The minimum Gasteiger partial charge on any atom is -0.463 e. The molecule has 8 heteroatoms. The van der Waals surface area contributed by atoms with Crippen LogP contribution >= 0.6 is 0 Å². The van der Waals surface area contributed by atoms with Gasteiger partial charge < -0.3 is 15.0 Å². The summed E-state index contributed by atoms with van der Waals surface area (Å²) >= 11 is 0. The molecule has 2 amide bonds. The van der Waals surface area contributed by atoms with E-state index in [4.69, 9.17) is 4.74 Å². The minimum atomic E-state index is -0.748. The van der Waals surface area contributed by atoms with Crippen molar-refractivity contribution in [3.8, 4) is 0 Å². The molecule has 164 valence electrons. The lowest BCUT2D eigenvalue weighted by Gasteiger charge is -2.40. The van der Waals surface area contributed by atoms with Crippen LogP contribution in [0.3, 0.4) is 0 Å². The number of nitrogens with one attached hydrogen (secondary N) is 1. The molecular weight excluding hydrogens is 387 g/mol. The Bertz CT molecular complexity index is 805. The van der Waals surface area contributed by atoms with Gasteiger partial charge in [0, 0.05) is 45.0 Å². The van der Waals surface area contributed by atoms with Crippen molar-refractivity contribution in [3.05, 3.63) is 46.9 Å². The number of hydrogen-bond acceptors (Lipinski definition) is 5. The lowest BCUT2D eigenvalue weighted by Crippen LogP contribution is -2.53. The fourth-order valence-electron chi connectivity index (χ4n) is 4.07. The molecule has 2 heterocycles. The molecule has 30 heavy (non-hydrogen) atoms. The number of nitrogens with zero attached hydrogens (tertiary/aromatic N) is 3. The van der Waals surface area contributed by atoms with E-state index >= 15 is 0 Å². The van der Waals surface area contributed by atoms with Gasteiger partial charge in [0.05, 0.1) is 18.2 Å². The Balaban J connectivity index is 2.01. The average molecular weight is 419 g/mol. The van der Waals surface area contributed by atoms with Crippen molar-refractivity contribution in [2.24, 2.45) is 0 Å². The zero-order valence-electron chi connectivity index (χ0n) is 18.0. The predicted octanol–water partition coefficient (Wildman–Crippen LogP) is 2.37. The van der Waals surface area contributed by atoms with E-state index in [9.17, 15) is 14.0 Å². The van der Waals surface area contributed by atoms with Crippen LogP contribution in [0.25, 0.3) is 0 Å². The third-order valence-electron chi connectivity index (χ3n) is 5.72. The fraction of sp³-hybridized carbons (Fsp3) is 0.545. The molecule has 2 aliphatic rings. The molecule has 0 spiro atoms. The first-order valence-electron chi connectivity index (χ1n) is 10.7. The first-order chi connectivity index (χ1) is 14.5. The molecular formula is C22H31FN4O3. The molecule has 0 saturated carbocycles. The summed E-state index contributed by atoms with van der Waals surface area (Å²) in [6, 6.07) is 4.95. The number of urea groups is 1. The summed E-state index contributed by atoms with van der Waals surface area (Å²) in [5.74, 6) is -0.896. The van der Waals surface area contributed by atoms with Gasteiger partial charge in [-0.2, -0.15) is 0 Å². The SMILES string of the molecule is CCOC(=O)C1=C(CN2CCN(CC)CC2)N(CC)C(=O)N[C@@H]1c1cccc(F)c1. The molecule has 1 aromatic rings. The highest BCUT2D eigenvalue weighted by Gasteiger charge is 2.38. The molecule has 1 saturated heterocycles. The van der Waals surface area contributed by atoms with Gasteiger partial charge in [-0.25, -0.2) is 14.0 Å². The summed E-state index contributed by atoms with van der Waals surface area (Å²) in [6.07, 6.45) is 0. The number of amides is 2. The highest BCUT2D eigenvalue weighted by molar-refractivity contribution is 5.95. The largest absolute Gasteiger partial charge is 0.463 e. The second-order valence-corrected chi connectivity index (χ2v) is 7.47. The smallest absolute Gasteiger partial charge is 0.338 e. The third kappa shape index (κ3) is 4.82. The maximum atomic E-state index is 13.9. The van der Waals surface area contributed by atoms with Gasteiger partial charge in [-0.15, -0.1) is 0 Å². The Morgan fingerprint density at radius 3 is 2.43 bits per heavy atom. The number of carbonyl (C=O) groups excluding carboxylic acids is 2. The highest BCUT2D eigenvalue weighted by Crippen LogP contribution is 2.32. The van der Waals surface area contributed by atoms with Crippen LogP contribution in [0.15, 0.2) is 35.5 Å². The molecule has 1 aromatic carbocycles. The maximum Gasteiger partial charge on any atom is 0.338 e. The number of halogens is 1. The first kappa shape index (κ1) is 22.2. The minimum absolute atomic E-state index is 0.223. The van der Waals surface area contributed by atoms with Gasteiger partial charge in [0.25, 0.3) is 0 Å². The average Bonchev–Trinajstić information content (AvgIpc) is 2.74. The molecule has 2 aliphatic heterocycles. The number of hydrogen-bond donors (Lipinski definition) is 1. The van der Waals surface area contributed by atoms with Crippen LogP contribution in [-0.4, -0.2) is 79.1 Å². The van der Waals surface area contributed by atoms with Crippen LogP contribution in [0.1, 0.15) is 32.4 Å². The van der Waals surface area contributed by atoms with Crippen LogP contribution in [0.2, 0.25) is 0 Å². The van der Waals surface area contributed by atoms with Crippen LogP contribution < -0.4 is 5.32 Å². The summed E-state index contributed by atoms with van der Waals surface area (Å²) in [7, 11) is 0. The second kappa shape index (κ2) is 10.0. The molecule has 7 nitrogen and oxygen atoms in total. The standard InChI is InChI=1S/C22H31FN4O3/c1-4-25-10-12-26(13-11-25)15-18-19(21(28)30-6-3)20(24-22(29)27(18)5-2)16-8-7-9-17(23)14-16/h7-9,14,20H,4-6,10-13,15H2,1-3H3,(H,24,29)/t20-/m1/s1. The number of carbonyl (C=O) groups is 2. The van der Waals surface area contributed by atoms with Gasteiger partial charge in [0.15, 0.2) is 0 Å². The maximum absolute atomic E-state index is 13.9. The van der Waals surface area contributed by atoms with Gasteiger partial charge in [0.1, 0.15) is 5.82 Å². The van der Waals surface area contributed by atoms with Crippen LogP contribution in [0.5, 0.6) is 0 Å². The topological polar surface area (TPSA) is 65.1 Å². The van der Waals surface area contributed by atoms with E-state index < -0.39 is 17.8 Å². The zero-order valence-corrected chi connectivity index (χ0v) is 18.0. The van der Waals surface area contributed by atoms with Gasteiger partial charge in [-0.1, -0.05) is 19.1 Å². The van der Waals surface area contributed by atoms with Crippen molar-refractivity contribution in [2.45, 2.75) is 26.8 Å². The van der Waals surface area contributed by atoms with Crippen molar-refractivity contribution < 1.29 is 18.7 Å². The number of ether oxygens (including phenoxy) is 1. The Hall–Kier alpha value is -2.45. The highest BCUT2D eigenvalue weighted by atomic mass is 19.1. The van der Waals surface area contributed by atoms with E-state index in [0.717, 1.165) is 32.7 Å². The molecule has 0 aliphatic carbocycles. The van der Waals surface area contributed by atoms with Gasteiger partial charge in [-0.3, -0.25) is 9.80 Å². The Morgan fingerprint density at radius 2 is 1.83 bits per heavy atom. The van der Waals surface area contributed by atoms with Crippen molar-refractivity contribution in [3.63, 3.8) is 0 Å². The molecule has 3 rings (SSSR count). The summed E-state index contributed by atoms with van der Waals surface area (Å²) in [5.41, 5.74) is 1.54. The predicted molar refractivity (Wildman–Crippen MR) is 112 cm³/mol. The van der Waals surface area contributed by atoms with Crippen molar-refractivity contribution in [1.29, 1.82) is 0 Å². The summed E-state index contributed by atoms with van der Waals surface area (Å²) < 4.78 is 19.3. The van der Waals surface area contributed by atoms with E-state index in [1.54, 1.807) is 24.0 Å². The first-order valence-corrected chi connectivity index (χ1v) is 10.7. The number of benzene rings is 1. The molecule has 0 bridgehead atoms. The fourth-order valence-corrected chi connectivity index (χ4v) is 4.07. The van der Waals surface area contributed by atoms with Crippen molar-refractivity contribution >= 4 is 12.0 Å². The third-order valence-corrected chi connectivity index (χ3v) is 5.72. The molecule has 0 aromatic heterocycles. The van der Waals surface area contributed by atoms with Crippen molar-refractivity contribution in [2.75, 3.05) is 52.4 Å². The second-order valence-electron chi connectivity index (χ2n) is 7.47. The summed E-state index contributed by atoms with van der Waals surface area (Å²) in [6.45, 7) is 11.5.